The van der Waals surface area contributed by atoms with Gasteiger partial charge >= 0.3 is 0 Å². The monoisotopic (exact) mass is 1620 g/mol. The Labute approximate surface area is 736 Å². The highest BCUT2D eigenvalue weighted by Crippen LogP contribution is 2.49. The highest BCUT2D eigenvalue weighted by molar-refractivity contribution is 6.34. The molecule has 4 aromatic heterocycles. The third kappa shape index (κ3) is 10.9. The Morgan fingerprint density at radius 3 is 0.852 bits per heavy atom. The highest BCUT2D eigenvalue weighted by Gasteiger charge is 2.24. The summed E-state index contributed by atoms with van der Waals surface area (Å²) in [5.41, 5.74) is 24.1. The molecule has 592 valence electrons. The van der Waals surface area contributed by atoms with Crippen molar-refractivity contribution in [2.45, 2.75) is 0 Å². The second kappa shape index (κ2) is 28.3. The van der Waals surface area contributed by atoms with E-state index in [1.165, 1.54) is 257 Å². The van der Waals surface area contributed by atoms with Crippen molar-refractivity contribution in [1.82, 2.24) is 18.3 Å². The smallest absolute Gasteiger partial charge is 0.0541 e. The lowest BCUT2D eigenvalue weighted by Gasteiger charge is -2.18. The number of rotatable bonds is 8. The van der Waals surface area contributed by atoms with Gasteiger partial charge in [-0.05, 0) is 280 Å². The van der Waals surface area contributed by atoms with Crippen LogP contribution in [-0.2, 0) is 0 Å². The number of aromatic nitrogens is 4. The van der Waals surface area contributed by atoms with Gasteiger partial charge in [-0.3, -0.25) is 0 Å². The molecule has 28 aromatic rings. The van der Waals surface area contributed by atoms with Crippen LogP contribution in [0.5, 0.6) is 0 Å². The van der Waals surface area contributed by atoms with Crippen LogP contribution in [0.4, 0.5) is 0 Å². The molecule has 0 bridgehead atoms. The molecule has 0 saturated heterocycles. The summed E-state index contributed by atoms with van der Waals surface area (Å²) < 4.78 is 9.68. The van der Waals surface area contributed by atoms with E-state index in [2.05, 4.69) is 479 Å². The SMILES string of the molecule is c1ccc(-n2c3ccccc3c3cc(-c4ccc5c(c4)c4ccccc4n5-c4ccc(-c5cc6c7ccccc7c7ccccc7c6c6ccccc56)c5ccccc45)ccc32)cc1.c1ccc(-n2c3ccccc3c3cc(-c4ccc5c(c4)c4ccccc4n5-c4ccc5c(ccc6cc(-c7ccc8c9ccccc9c9ccccc9c8c7)ccc65)c4)ccc32)cc1. The summed E-state index contributed by atoms with van der Waals surface area (Å²) in [7, 11) is 0. The minimum atomic E-state index is 1.16. The first kappa shape index (κ1) is 71.6. The molecule has 0 amide bonds. The Kier molecular flexibility index (Phi) is 15.8. The predicted molar refractivity (Wildman–Crippen MR) is 547 cm³/mol. The molecule has 0 spiro atoms. The molecule has 0 atom stereocenters. The van der Waals surface area contributed by atoms with E-state index in [4.69, 9.17) is 0 Å². The van der Waals surface area contributed by atoms with E-state index >= 15 is 0 Å². The maximum absolute atomic E-state index is 2.48. The van der Waals surface area contributed by atoms with Crippen molar-refractivity contribution in [3.05, 3.63) is 461 Å². The Hall–Kier alpha value is -16.9. The van der Waals surface area contributed by atoms with Crippen LogP contribution in [0.1, 0.15) is 0 Å². The van der Waals surface area contributed by atoms with Gasteiger partial charge < -0.3 is 18.3 Å². The van der Waals surface area contributed by atoms with Gasteiger partial charge in [0.15, 0.2) is 0 Å². The minimum Gasteiger partial charge on any atom is -0.309 e. The molecule has 0 saturated carbocycles. The maximum atomic E-state index is 2.48. The van der Waals surface area contributed by atoms with Gasteiger partial charge in [-0.2, -0.15) is 0 Å². The molecule has 4 heteroatoms. The summed E-state index contributed by atoms with van der Waals surface area (Å²) in [5.74, 6) is 0. The van der Waals surface area contributed by atoms with Crippen molar-refractivity contribution in [2.75, 3.05) is 0 Å². The van der Waals surface area contributed by atoms with Gasteiger partial charge in [0.2, 0.25) is 0 Å². The average molecular weight is 1620 g/mol. The Morgan fingerprint density at radius 1 is 0.117 bits per heavy atom. The van der Waals surface area contributed by atoms with Crippen molar-refractivity contribution in [1.29, 1.82) is 0 Å². The minimum absolute atomic E-state index is 1.16. The fourth-order valence-electron chi connectivity index (χ4n) is 22.0. The summed E-state index contributed by atoms with van der Waals surface area (Å²) in [6.07, 6.45) is 0. The first-order valence-corrected chi connectivity index (χ1v) is 44.3. The number of nitrogens with zero attached hydrogens (tertiary/aromatic N) is 4. The first-order chi connectivity index (χ1) is 63.5. The van der Waals surface area contributed by atoms with E-state index in [1.807, 2.05) is 0 Å². The number of para-hydroxylation sites is 6. The summed E-state index contributed by atoms with van der Waals surface area (Å²) in [6, 6.07) is 171. The third-order valence-corrected chi connectivity index (χ3v) is 27.7. The van der Waals surface area contributed by atoms with Crippen LogP contribution < -0.4 is 0 Å². The molecule has 0 N–H and O–H groups in total. The largest absolute Gasteiger partial charge is 0.309 e. The van der Waals surface area contributed by atoms with Gasteiger partial charge in [-0.25, -0.2) is 0 Å². The van der Waals surface area contributed by atoms with Gasteiger partial charge in [-0.15, -0.1) is 0 Å². The standard InChI is InChI=1S/2C62H38N2/c1-2-16-41(17-3-1)63-57-28-14-12-24-49(57)54-36-39(30-33-60(54)63)40-31-34-61-55(37-40)50-25-13-15-29-58(50)64(61)59-35-32-47(43-19-6-9-23-48(43)59)53-38-56-45-21-5-4-18-42(45)44-20-7-10-26-51(44)62(56)52-27-11-8-22-46(52)53;1-2-12-45(13-3-1)63-59-20-10-8-18-54(59)57-37-41(26-32-61(57)63)42-27-33-62-58(38-42)55-19-9-11-21-60(55)64(62)46-28-31-48-44(35-46)23-22-43-34-39(24-29-47(43)48)40-25-30-53-51-16-5-4-14-49(51)50-15-6-7-17-52(50)56(53)36-40/h2*1-38H. The molecule has 128 heavy (non-hydrogen) atoms. The number of fused-ring (bicyclic) bond motifs is 30. The Bertz CT molecular complexity index is 9560. The zero-order valence-electron chi connectivity index (χ0n) is 69.7. The highest BCUT2D eigenvalue weighted by atomic mass is 15.0. The molecule has 24 aromatic carbocycles. The molecule has 28 rings (SSSR count). The topological polar surface area (TPSA) is 19.7 Å². The summed E-state index contributed by atoms with van der Waals surface area (Å²) in [5, 5.41) is 35.6. The quantitative estimate of drug-likeness (QED) is 0.135. The molecule has 0 aliphatic carbocycles. The van der Waals surface area contributed by atoms with Crippen LogP contribution in [0.15, 0.2) is 461 Å². The average Bonchev–Trinajstić information content (AvgIpc) is 1.51. The Balaban J connectivity index is 0.000000132. The van der Waals surface area contributed by atoms with Crippen molar-refractivity contribution >= 4 is 195 Å². The zero-order chi connectivity index (χ0) is 83.8. The van der Waals surface area contributed by atoms with E-state index in [1.54, 1.807) is 0 Å². The first-order valence-electron chi connectivity index (χ1n) is 44.3. The van der Waals surface area contributed by atoms with Crippen LogP contribution in [0.2, 0.25) is 0 Å². The van der Waals surface area contributed by atoms with Crippen LogP contribution in [0, 0.1) is 0 Å². The molecule has 0 fully saturated rings. The van der Waals surface area contributed by atoms with Crippen LogP contribution in [0.25, 0.3) is 262 Å². The fourth-order valence-corrected chi connectivity index (χ4v) is 22.0. The fraction of sp³-hybridized carbons (Fsp3) is 0. The third-order valence-electron chi connectivity index (χ3n) is 27.7. The van der Waals surface area contributed by atoms with Gasteiger partial charge in [0.1, 0.15) is 0 Å². The van der Waals surface area contributed by atoms with Crippen LogP contribution in [0.3, 0.4) is 0 Å². The normalized spacial score (nSPS) is 12.1. The predicted octanol–water partition coefficient (Wildman–Crippen LogP) is 34.0. The lowest BCUT2D eigenvalue weighted by molar-refractivity contribution is 1.18. The molecule has 4 nitrogen and oxygen atoms in total. The molecule has 0 radical (unpaired) electrons. The Morgan fingerprint density at radius 2 is 0.398 bits per heavy atom. The lowest BCUT2D eigenvalue weighted by atomic mass is 9.86. The summed E-state index contributed by atoms with van der Waals surface area (Å²) in [6.45, 7) is 0. The number of hydrogen-bond donors (Lipinski definition) is 0. The van der Waals surface area contributed by atoms with Crippen molar-refractivity contribution in [2.24, 2.45) is 0 Å². The van der Waals surface area contributed by atoms with Crippen molar-refractivity contribution < 1.29 is 0 Å². The molecule has 0 aliphatic rings. The second-order valence-corrected chi connectivity index (χ2v) is 34.4. The van der Waals surface area contributed by atoms with Gasteiger partial charge in [0, 0.05) is 65.5 Å². The number of benzene rings is 24. The van der Waals surface area contributed by atoms with E-state index in [9.17, 15) is 0 Å². The van der Waals surface area contributed by atoms with Crippen molar-refractivity contribution in [3.8, 4) is 67.3 Å². The molecule has 0 unspecified atom stereocenters. The summed E-state index contributed by atoms with van der Waals surface area (Å²) in [4.78, 5) is 0. The molecule has 0 aliphatic heterocycles. The van der Waals surface area contributed by atoms with E-state index in [-0.39, 0.29) is 0 Å². The van der Waals surface area contributed by atoms with Crippen LogP contribution in [-0.4, -0.2) is 18.3 Å². The number of hydrogen-bond acceptors (Lipinski definition) is 0. The van der Waals surface area contributed by atoms with Gasteiger partial charge in [0.25, 0.3) is 0 Å². The molecular formula is C124H76N4. The maximum Gasteiger partial charge on any atom is 0.0541 e. The second-order valence-electron chi connectivity index (χ2n) is 34.4. The zero-order valence-corrected chi connectivity index (χ0v) is 69.7. The van der Waals surface area contributed by atoms with E-state index in [0.717, 1.165) is 5.69 Å². The molecule has 4 heterocycles. The van der Waals surface area contributed by atoms with E-state index in [0.29, 0.717) is 0 Å². The van der Waals surface area contributed by atoms with Crippen LogP contribution >= 0.6 is 0 Å². The van der Waals surface area contributed by atoms with Crippen molar-refractivity contribution in [3.63, 3.8) is 0 Å². The molecular weight excluding hydrogens is 1550 g/mol. The lowest BCUT2D eigenvalue weighted by Crippen LogP contribution is -1.97. The van der Waals surface area contributed by atoms with Gasteiger partial charge in [-0.1, -0.05) is 328 Å². The van der Waals surface area contributed by atoms with Gasteiger partial charge in [0.05, 0.1) is 49.8 Å². The summed E-state index contributed by atoms with van der Waals surface area (Å²) >= 11 is 0. The van der Waals surface area contributed by atoms with E-state index < -0.39 is 0 Å².